The van der Waals surface area contributed by atoms with E-state index in [-0.39, 0.29) is 18.5 Å². The van der Waals surface area contributed by atoms with Crippen molar-refractivity contribution in [2.45, 2.75) is 26.8 Å². The smallest absolute Gasteiger partial charge is 0.314 e. The number of nitrogens with zero attached hydrogens (tertiary/aromatic N) is 3. The molecule has 8 nitrogen and oxygen atoms in total. The van der Waals surface area contributed by atoms with Crippen molar-refractivity contribution in [3.8, 4) is 0 Å². The Hall–Kier alpha value is -2.12. The van der Waals surface area contributed by atoms with E-state index in [1.807, 2.05) is 13.8 Å². The van der Waals surface area contributed by atoms with Crippen molar-refractivity contribution in [1.82, 2.24) is 25.6 Å². The summed E-state index contributed by atoms with van der Waals surface area (Å²) in [5.74, 6) is -1.50. The van der Waals surface area contributed by atoms with Gasteiger partial charge in [-0.3, -0.25) is 9.48 Å². The number of aromatic nitrogens is 3. The molecular weight excluding hydrogens is 262 g/mol. The highest BCUT2D eigenvalue weighted by Gasteiger charge is 2.21. The van der Waals surface area contributed by atoms with Crippen LogP contribution in [-0.4, -0.2) is 45.2 Å². The van der Waals surface area contributed by atoms with Gasteiger partial charge in [0.15, 0.2) is 0 Å². The first kappa shape index (κ1) is 15.9. The average molecular weight is 283 g/mol. The average Bonchev–Trinajstić information content (AvgIpc) is 2.87. The van der Waals surface area contributed by atoms with Gasteiger partial charge in [0.2, 0.25) is 0 Å². The van der Waals surface area contributed by atoms with Crippen LogP contribution in [0.25, 0.3) is 0 Å². The third-order valence-corrected chi connectivity index (χ3v) is 2.93. The molecule has 1 aromatic heterocycles. The molecule has 1 aromatic rings. The van der Waals surface area contributed by atoms with E-state index in [0.29, 0.717) is 13.1 Å². The van der Waals surface area contributed by atoms with E-state index in [1.165, 1.54) is 0 Å². The van der Waals surface area contributed by atoms with E-state index in [4.69, 9.17) is 5.11 Å². The normalized spacial score (nSPS) is 12.2. The van der Waals surface area contributed by atoms with Crippen LogP contribution in [0.1, 0.15) is 20.3 Å². The van der Waals surface area contributed by atoms with Crippen molar-refractivity contribution in [1.29, 1.82) is 0 Å². The molecule has 0 saturated carbocycles. The molecule has 0 aliphatic carbocycles. The van der Waals surface area contributed by atoms with Crippen LogP contribution < -0.4 is 10.6 Å². The van der Waals surface area contributed by atoms with Crippen LogP contribution >= 0.6 is 0 Å². The number of urea groups is 1. The van der Waals surface area contributed by atoms with Gasteiger partial charge in [-0.15, -0.1) is 5.10 Å². The number of carbonyl (C=O) groups is 2. The second-order valence-corrected chi connectivity index (χ2v) is 4.85. The third kappa shape index (κ3) is 5.68. The predicted octanol–water partition coefficient (Wildman–Crippen LogP) is 0.324. The molecular formula is C12H21N5O3. The Bertz CT molecular complexity index is 419. The van der Waals surface area contributed by atoms with Crippen LogP contribution in [0.15, 0.2) is 12.4 Å². The molecule has 1 unspecified atom stereocenters. The van der Waals surface area contributed by atoms with Gasteiger partial charge in [0.1, 0.15) is 0 Å². The van der Waals surface area contributed by atoms with Gasteiger partial charge in [0.05, 0.1) is 12.1 Å². The number of nitrogens with one attached hydrogen (secondary N) is 2. The molecule has 0 spiro atoms. The molecule has 0 saturated heterocycles. The van der Waals surface area contributed by atoms with Crippen molar-refractivity contribution in [3.63, 3.8) is 0 Å². The fourth-order valence-corrected chi connectivity index (χ4v) is 1.67. The van der Waals surface area contributed by atoms with E-state index < -0.39 is 11.9 Å². The second-order valence-electron chi connectivity index (χ2n) is 4.85. The van der Waals surface area contributed by atoms with Gasteiger partial charge in [0, 0.05) is 25.8 Å². The molecule has 1 heterocycles. The maximum Gasteiger partial charge on any atom is 0.314 e. The van der Waals surface area contributed by atoms with Crippen LogP contribution in [0, 0.1) is 11.8 Å². The Morgan fingerprint density at radius 3 is 2.65 bits per heavy atom. The molecule has 0 bridgehead atoms. The molecule has 0 aliphatic rings. The first-order chi connectivity index (χ1) is 9.50. The quantitative estimate of drug-likeness (QED) is 0.595. The highest BCUT2D eigenvalue weighted by Crippen LogP contribution is 2.09. The van der Waals surface area contributed by atoms with E-state index in [2.05, 4.69) is 20.9 Å². The van der Waals surface area contributed by atoms with Gasteiger partial charge in [-0.05, 0) is 12.3 Å². The summed E-state index contributed by atoms with van der Waals surface area (Å²) in [5.41, 5.74) is 0. The van der Waals surface area contributed by atoms with Crippen LogP contribution in [0.4, 0.5) is 4.79 Å². The lowest BCUT2D eigenvalue weighted by molar-refractivity contribution is -0.142. The zero-order valence-corrected chi connectivity index (χ0v) is 11.7. The van der Waals surface area contributed by atoms with Gasteiger partial charge >= 0.3 is 12.0 Å². The number of hydrogen-bond acceptors (Lipinski definition) is 4. The molecule has 8 heteroatoms. The van der Waals surface area contributed by atoms with Crippen LogP contribution in [0.3, 0.4) is 0 Å². The molecule has 112 valence electrons. The lowest BCUT2D eigenvalue weighted by atomic mass is 9.96. The van der Waals surface area contributed by atoms with Gasteiger partial charge in [-0.25, -0.2) is 4.79 Å². The Kier molecular flexibility index (Phi) is 6.48. The number of carboxylic acid groups (broad SMARTS) is 1. The lowest BCUT2D eigenvalue weighted by Crippen LogP contribution is -2.41. The van der Waals surface area contributed by atoms with Crippen molar-refractivity contribution < 1.29 is 14.7 Å². The number of carboxylic acids is 1. The highest BCUT2D eigenvalue weighted by atomic mass is 16.4. The second kappa shape index (κ2) is 8.13. The van der Waals surface area contributed by atoms with E-state index in [9.17, 15) is 9.59 Å². The van der Waals surface area contributed by atoms with Crippen molar-refractivity contribution in [3.05, 3.63) is 12.4 Å². The number of hydrogen-bond donors (Lipinski definition) is 3. The molecule has 0 radical (unpaired) electrons. The minimum absolute atomic E-state index is 0.0277. The van der Waals surface area contributed by atoms with Gasteiger partial charge < -0.3 is 15.7 Å². The summed E-state index contributed by atoms with van der Waals surface area (Å²) in [4.78, 5) is 22.5. The Balaban J connectivity index is 2.15. The molecule has 20 heavy (non-hydrogen) atoms. The molecule has 0 aliphatic heterocycles. The predicted molar refractivity (Wildman–Crippen MR) is 72.0 cm³/mol. The largest absolute Gasteiger partial charge is 0.481 e. The summed E-state index contributed by atoms with van der Waals surface area (Å²) in [6.45, 7) is 4.92. The molecule has 1 atom stereocenters. The van der Waals surface area contributed by atoms with E-state index in [1.54, 1.807) is 17.1 Å². The molecule has 1 rings (SSSR count). The number of carbonyl (C=O) groups excluding carboxylic acids is 1. The van der Waals surface area contributed by atoms with Crippen molar-refractivity contribution in [2.75, 3.05) is 13.1 Å². The van der Waals surface area contributed by atoms with Crippen molar-refractivity contribution in [2.24, 2.45) is 11.8 Å². The fraction of sp³-hybridized carbons (Fsp3) is 0.667. The van der Waals surface area contributed by atoms with E-state index in [0.717, 1.165) is 6.42 Å². The molecule has 0 aromatic carbocycles. The summed E-state index contributed by atoms with van der Waals surface area (Å²) < 4.78 is 1.68. The van der Waals surface area contributed by atoms with Gasteiger partial charge in [-0.1, -0.05) is 19.1 Å². The van der Waals surface area contributed by atoms with E-state index >= 15 is 0 Å². The summed E-state index contributed by atoms with van der Waals surface area (Å²) in [6.07, 6.45) is 4.07. The SMILES string of the molecule is CC(C)C(CNC(=O)NCCCn1ccnn1)C(=O)O. The number of aliphatic carboxylic acids is 1. The Morgan fingerprint density at radius 1 is 1.35 bits per heavy atom. The fourth-order valence-electron chi connectivity index (χ4n) is 1.67. The Labute approximate surface area is 117 Å². The minimum Gasteiger partial charge on any atom is -0.481 e. The maximum absolute atomic E-state index is 11.5. The van der Waals surface area contributed by atoms with Crippen LogP contribution in [0.5, 0.6) is 0 Å². The van der Waals surface area contributed by atoms with Gasteiger partial charge in [-0.2, -0.15) is 0 Å². The zero-order chi connectivity index (χ0) is 15.0. The summed E-state index contributed by atoms with van der Waals surface area (Å²) in [6, 6.07) is -0.351. The summed E-state index contributed by atoms with van der Waals surface area (Å²) in [7, 11) is 0. The maximum atomic E-state index is 11.5. The zero-order valence-electron chi connectivity index (χ0n) is 11.7. The molecule has 0 fully saturated rings. The van der Waals surface area contributed by atoms with Crippen LogP contribution in [-0.2, 0) is 11.3 Å². The van der Waals surface area contributed by atoms with Gasteiger partial charge in [0.25, 0.3) is 0 Å². The van der Waals surface area contributed by atoms with Crippen LogP contribution in [0.2, 0.25) is 0 Å². The third-order valence-electron chi connectivity index (χ3n) is 2.93. The number of rotatable bonds is 8. The number of aryl methyl sites for hydroxylation is 1. The summed E-state index contributed by atoms with van der Waals surface area (Å²) in [5, 5.41) is 21.7. The standard InChI is InChI=1S/C12H21N5O3/c1-9(2)10(11(18)19)8-14-12(20)13-4-3-6-17-7-5-15-16-17/h5,7,9-10H,3-4,6,8H2,1-2H3,(H,18,19)(H2,13,14,20). The van der Waals surface area contributed by atoms with Crippen molar-refractivity contribution >= 4 is 12.0 Å². The molecule has 3 N–H and O–H groups in total. The highest BCUT2D eigenvalue weighted by molar-refractivity contribution is 5.75. The minimum atomic E-state index is -0.897. The first-order valence-corrected chi connectivity index (χ1v) is 6.59. The first-order valence-electron chi connectivity index (χ1n) is 6.59. The Morgan fingerprint density at radius 2 is 2.10 bits per heavy atom. The monoisotopic (exact) mass is 283 g/mol. The lowest BCUT2D eigenvalue weighted by Gasteiger charge is -2.16. The summed E-state index contributed by atoms with van der Waals surface area (Å²) >= 11 is 0. The topological polar surface area (TPSA) is 109 Å². The molecule has 2 amide bonds. The number of amides is 2.